The zero-order valence-corrected chi connectivity index (χ0v) is 89.9. The molecule has 7 aromatic carbocycles. The molecule has 0 N–H and O–H groups in total. The lowest BCUT2D eigenvalue weighted by Crippen LogP contribution is -2.41. The van der Waals surface area contributed by atoms with Gasteiger partial charge in [0.2, 0.25) is 0 Å². The Kier molecular flexibility index (Phi) is 84.4. The van der Waals surface area contributed by atoms with Crippen LogP contribution in [0.4, 0.5) is 0 Å². The number of hydrogen-bond acceptors (Lipinski definition) is 8. The van der Waals surface area contributed by atoms with Gasteiger partial charge < -0.3 is 39.0 Å². The van der Waals surface area contributed by atoms with Gasteiger partial charge in [0.05, 0.1) is 13.2 Å². The molecular weight excluding hydrogens is 1520 g/mol. The number of likely N-dealkylation sites (N-methyl/N-ethyl adjacent to an activating group) is 1. The van der Waals surface area contributed by atoms with E-state index in [2.05, 4.69) is 490 Å². The third-order valence-electron chi connectivity index (χ3n) is 22.6. The summed E-state index contributed by atoms with van der Waals surface area (Å²) in [7, 11) is 25.3. The Hall–Kier alpha value is -5.78. The minimum Gasteiger partial charge on any atom is -0.380 e. The number of rotatable bonds is 31. The Labute approximate surface area is 782 Å². The monoisotopic (exact) mass is 1730 g/mol. The fourth-order valence-electron chi connectivity index (χ4n) is 11.7. The van der Waals surface area contributed by atoms with Crippen molar-refractivity contribution in [3.63, 3.8) is 0 Å². The molecule has 0 saturated carbocycles. The molecule has 2 saturated heterocycles. The Balaban J connectivity index is -0.000000423. The first-order chi connectivity index (χ1) is 58.9. The zero-order valence-electron chi connectivity index (χ0n) is 89.9. The molecule has 125 heavy (non-hydrogen) atoms. The van der Waals surface area contributed by atoms with Crippen LogP contribution < -0.4 is 0 Å². The van der Waals surface area contributed by atoms with E-state index in [0.717, 1.165) is 86.1 Å². The molecule has 3 unspecified atom stereocenters. The number of benzene rings is 7. The van der Waals surface area contributed by atoms with E-state index in [0.29, 0.717) is 22.9 Å². The largest absolute Gasteiger partial charge is 0.380 e. The van der Waals surface area contributed by atoms with Gasteiger partial charge in [0.1, 0.15) is 0 Å². The second-order valence-corrected chi connectivity index (χ2v) is 39.9. The molecule has 0 aromatic heterocycles. The molecule has 718 valence electrons. The smallest absolute Gasteiger partial charge is 0.0593 e. The lowest BCUT2D eigenvalue weighted by Gasteiger charge is -2.33. The SMILES string of the molecule is CC.CC.CC(C)C(COCCN(C)C)Cc1ccccc1.CC(C)C(Cc1ccccc1)CN(C)C.CC(C)CCc1ccccc1.CC(C)CCc1ccccc1.CC(C)CCc1ccccc1.CC(C)CCc1ccccc1.CC(C)CCc1ccccc1.CC1CCCN1C.CC1CN(C)C1.CCC(C)(C)N(C)C.CCN(C)C.CN(C)C(C)(C)C. The van der Waals surface area contributed by atoms with Gasteiger partial charge in [-0.05, 0) is 334 Å². The van der Waals surface area contributed by atoms with Gasteiger partial charge >= 0.3 is 0 Å². The van der Waals surface area contributed by atoms with Crippen LogP contribution in [0.15, 0.2) is 212 Å². The van der Waals surface area contributed by atoms with E-state index in [1.54, 1.807) is 0 Å². The summed E-state index contributed by atoms with van der Waals surface area (Å²) in [5.74, 6) is 7.80. The van der Waals surface area contributed by atoms with Crippen molar-refractivity contribution in [2.75, 3.05) is 137 Å². The molecule has 0 spiro atoms. The molecule has 8 heteroatoms. The van der Waals surface area contributed by atoms with Gasteiger partial charge in [0.15, 0.2) is 0 Å². The molecule has 0 amide bonds. The van der Waals surface area contributed by atoms with Crippen LogP contribution in [0.1, 0.15) is 277 Å². The highest BCUT2D eigenvalue weighted by atomic mass is 16.5. The Morgan fingerprint density at radius 3 is 0.768 bits per heavy atom. The highest BCUT2D eigenvalue weighted by Gasteiger charge is 2.19. The standard InChI is InChI=1S/C16H27NO.C14H23N.5C11H16.C7H17N.C6H13N.C6H15N.C5H11N.C4H11N.2C2H6/c1-14(2)16(13-18-11-10-17(3)4)12-15-8-6-5-7-9-15;1-12(2)14(11-15(3)4)10-13-8-6-5-7-9-13;5*1-10(2)8-9-11-6-4-3-5-7-11;1-6-7(2,3)8(4)5;1-6-4-3-5-7(6)2;1-6(2,3)7(4)5;1-5-3-6(2)4-5;1-4-5(2)3;2*1-2/h5-9,14,16H,10-13H2,1-4H3;5-9,12,14H,10-11H2,1-4H3;5*3-7,10H,8-9H2,1-2H3;6H2,1-5H3;6H,3-5H2,1-2H3;1-5H3;5H,3-4H2,1-2H3;4H2,1-3H3;2*1-2H3. The van der Waals surface area contributed by atoms with E-state index in [1.165, 1.54) is 155 Å². The van der Waals surface area contributed by atoms with Crippen LogP contribution in [0.3, 0.4) is 0 Å². The summed E-state index contributed by atoms with van der Waals surface area (Å²) in [4.78, 5) is 15.7. The Bertz CT molecular complexity index is 2960. The van der Waals surface area contributed by atoms with Gasteiger partial charge in [0.25, 0.3) is 0 Å². The summed E-state index contributed by atoms with van der Waals surface area (Å²) < 4.78 is 5.80. The molecule has 0 bridgehead atoms. The molecule has 0 radical (unpaired) electrons. The molecule has 2 aliphatic rings. The molecule has 3 atom stereocenters. The van der Waals surface area contributed by atoms with Crippen LogP contribution in [-0.4, -0.2) is 188 Å². The summed E-state index contributed by atoms with van der Waals surface area (Å²) in [5.41, 5.74) is 10.9. The van der Waals surface area contributed by atoms with Gasteiger partial charge in [0, 0.05) is 43.3 Å². The van der Waals surface area contributed by atoms with E-state index in [9.17, 15) is 0 Å². The van der Waals surface area contributed by atoms with Crippen LogP contribution in [0.25, 0.3) is 0 Å². The third-order valence-corrected chi connectivity index (χ3v) is 22.6. The lowest BCUT2D eigenvalue weighted by atomic mass is 9.89. The van der Waals surface area contributed by atoms with Crippen molar-refractivity contribution in [3.05, 3.63) is 251 Å². The summed E-state index contributed by atoms with van der Waals surface area (Å²) in [6, 6.07) is 75.7. The summed E-state index contributed by atoms with van der Waals surface area (Å²) >= 11 is 0. The predicted molar refractivity (Wildman–Crippen MR) is 569 cm³/mol. The van der Waals surface area contributed by atoms with Gasteiger partial charge in [-0.25, -0.2) is 0 Å². The molecule has 9 rings (SSSR count). The second kappa shape index (κ2) is 82.6. The van der Waals surface area contributed by atoms with Crippen molar-refractivity contribution in [3.8, 4) is 0 Å². The van der Waals surface area contributed by atoms with Crippen molar-refractivity contribution in [1.29, 1.82) is 0 Å². The molecule has 2 aliphatic heterocycles. The van der Waals surface area contributed by atoms with E-state index >= 15 is 0 Å². The zero-order chi connectivity index (χ0) is 96.2. The van der Waals surface area contributed by atoms with Crippen LogP contribution in [0.2, 0.25) is 0 Å². The average Bonchev–Trinajstić information content (AvgIpc) is 1.73. The van der Waals surface area contributed by atoms with E-state index < -0.39 is 0 Å². The minimum atomic E-state index is 0.333. The quantitative estimate of drug-likeness (QED) is 0.0398. The molecule has 2 fully saturated rings. The van der Waals surface area contributed by atoms with Crippen LogP contribution >= 0.6 is 0 Å². The van der Waals surface area contributed by atoms with Crippen LogP contribution in [0.5, 0.6) is 0 Å². The van der Waals surface area contributed by atoms with E-state index in [1.807, 2.05) is 27.7 Å². The van der Waals surface area contributed by atoms with Crippen molar-refractivity contribution >= 4 is 0 Å². The average molecular weight is 1730 g/mol. The Morgan fingerprint density at radius 2 is 0.624 bits per heavy atom. The van der Waals surface area contributed by atoms with Gasteiger partial charge in [-0.2, -0.15) is 0 Å². The first kappa shape index (κ1) is 128. The highest BCUT2D eigenvalue weighted by Crippen LogP contribution is 2.21. The first-order valence-electron chi connectivity index (χ1n) is 49.5. The van der Waals surface area contributed by atoms with Crippen molar-refractivity contribution < 1.29 is 4.74 Å². The molecular formula is C117H209N7O. The van der Waals surface area contributed by atoms with Crippen LogP contribution in [0, 0.1) is 59.2 Å². The number of aryl methyl sites for hydroxylation is 5. The molecule has 8 nitrogen and oxygen atoms in total. The maximum absolute atomic E-state index is 5.80. The van der Waals surface area contributed by atoms with Crippen molar-refractivity contribution in [2.45, 2.75) is 300 Å². The van der Waals surface area contributed by atoms with Gasteiger partial charge in [-0.15, -0.1) is 0 Å². The lowest BCUT2D eigenvalue weighted by molar-refractivity contribution is 0.0729. The molecule has 0 aliphatic carbocycles. The molecule has 2 heterocycles. The summed E-state index contributed by atoms with van der Waals surface area (Å²) in [6.07, 6.45) is 18.9. The number of likely N-dealkylation sites (tertiary alicyclic amines) is 2. The Morgan fingerprint density at radius 1 is 0.368 bits per heavy atom. The summed E-state index contributed by atoms with van der Waals surface area (Å²) in [6.45, 7) is 68.7. The number of nitrogens with zero attached hydrogens (tertiary/aromatic N) is 7. The fraction of sp³-hybridized carbons (Fsp3) is 0.641. The maximum atomic E-state index is 5.80. The highest BCUT2D eigenvalue weighted by molar-refractivity contribution is 5.20. The number of hydrogen-bond donors (Lipinski definition) is 0. The van der Waals surface area contributed by atoms with Crippen LogP contribution in [-0.2, 0) is 49.7 Å². The molecule has 7 aromatic rings. The minimum absolute atomic E-state index is 0.333. The maximum Gasteiger partial charge on any atom is 0.0593 e. The predicted octanol–water partition coefficient (Wildman–Crippen LogP) is 29.9. The van der Waals surface area contributed by atoms with E-state index in [4.69, 9.17) is 4.74 Å². The summed E-state index contributed by atoms with van der Waals surface area (Å²) in [5, 5.41) is 0. The normalized spacial score (nSPS) is 13.4. The van der Waals surface area contributed by atoms with E-state index in [-0.39, 0.29) is 0 Å². The fourth-order valence-corrected chi connectivity index (χ4v) is 11.7. The van der Waals surface area contributed by atoms with Crippen molar-refractivity contribution in [1.82, 2.24) is 34.3 Å². The topological polar surface area (TPSA) is 31.9 Å². The van der Waals surface area contributed by atoms with Gasteiger partial charge in [-0.1, -0.05) is 358 Å². The first-order valence-corrected chi connectivity index (χ1v) is 49.5. The number of ether oxygens (including phenoxy) is 1. The van der Waals surface area contributed by atoms with Gasteiger partial charge in [-0.3, -0.25) is 0 Å². The second-order valence-electron chi connectivity index (χ2n) is 39.9. The van der Waals surface area contributed by atoms with Crippen molar-refractivity contribution in [2.24, 2.45) is 59.2 Å². The third kappa shape index (κ3) is 84.8.